The van der Waals surface area contributed by atoms with E-state index in [2.05, 4.69) is 0 Å². The first kappa shape index (κ1) is 27.3. The largest absolute Gasteiger partial charge is 0.489 e. The van der Waals surface area contributed by atoms with E-state index in [0.29, 0.717) is 18.2 Å². The van der Waals surface area contributed by atoms with Crippen molar-refractivity contribution < 1.29 is 40.6 Å². The fraction of sp³-hybridized carbons (Fsp3) is 0.308. The molecule has 0 saturated heterocycles. The maximum atomic E-state index is 14.4. The number of aliphatic hydroxyl groups excluding tert-OH is 1. The molecule has 1 atom stereocenters. The monoisotopic (exact) mass is 515 g/mol. The van der Waals surface area contributed by atoms with E-state index >= 15 is 0 Å². The van der Waals surface area contributed by atoms with Gasteiger partial charge in [-0.3, -0.25) is 0 Å². The summed E-state index contributed by atoms with van der Waals surface area (Å²) in [6.07, 6.45) is -12.6. The minimum Gasteiger partial charge on any atom is -0.489 e. The smallest absolute Gasteiger partial charge is 0.416 e. The predicted molar refractivity (Wildman–Crippen MR) is 121 cm³/mol. The van der Waals surface area contributed by atoms with Crippen molar-refractivity contribution in [1.29, 1.82) is 0 Å². The lowest BCUT2D eigenvalue weighted by Crippen LogP contribution is -2.41. The molecule has 1 N–H and O–H groups in total. The molecule has 0 unspecified atom stereocenters. The van der Waals surface area contributed by atoms with Crippen LogP contribution in [0.3, 0.4) is 0 Å². The number of halogens is 7. The number of alkyl halides is 6. The second kappa shape index (κ2) is 10.8. The van der Waals surface area contributed by atoms with Crippen LogP contribution in [0, 0.1) is 19.7 Å². The van der Waals surface area contributed by atoms with Gasteiger partial charge in [0.25, 0.3) is 0 Å². The molecule has 0 spiro atoms. The maximum Gasteiger partial charge on any atom is 0.416 e. The summed E-state index contributed by atoms with van der Waals surface area (Å²) in [7, 11) is 0. The van der Waals surface area contributed by atoms with E-state index in [4.69, 9.17) is 4.74 Å². The third-order valence-electron chi connectivity index (χ3n) is 5.38. The Morgan fingerprint density at radius 1 is 0.889 bits per heavy atom. The zero-order valence-corrected chi connectivity index (χ0v) is 19.4. The predicted octanol–water partition coefficient (Wildman–Crippen LogP) is 6.97. The fourth-order valence-electron chi connectivity index (χ4n) is 3.74. The number of hydrogen-bond donors (Lipinski definition) is 1. The highest BCUT2D eigenvalue weighted by molar-refractivity contribution is 5.52. The average molecular weight is 515 g/mol. The number of nitrogens with zero attached hydrogens (tertiary/aromatic N) is 1. The molecule has 0 heterocycles. The molecule has 0 aliphatic carbocycles. The fourth-order valence-corrected chi connectivity index (χ4v) is 3.74. The van der Waals surface area contributed by atoms with Crippen molar-refractivity contribution in [2.75, 3.05) is 11.4 Å². The Balaban J connectivity index is 1.90. The Kier molecular flexibility index (Phi) is 8.18. The Bertz CT molecular complexity index is 1170. The van der Waals surface area contributed by atoms with E-state index in [0.717, 1.165) is 21.6 Å². The number of anilines is 1. The summed E-state index contributed by atoms with van der Waals surface area (Å²) in [5, 5.41) is 9.65. The minimum absolute atomic E-state index is 0.105. The van der Waals surface area contributed by atoms with E-state index < -0.39 is 48.5 Å². The first-order chi connectivity index (χ1) is 16.7. The van der Waals surface area contributed by atoms with Gasteiger partial charge in [0.2, 0.25) is 0 Å². The molecule has 3 aromatic rings. The van der Waals surface area contributed by atoms with Gasteiger partial charge in [-0.25, -0.2) is 4.39 Å². The van der Waals surface area contributed by atoms with Crippen LogP contribution in [0.2, 0.25) is 0 Å². The Labute approximate surface area is 203 Å². The van der Waals surface area contributed by atoms with Gasteiger partial charge in [-0.15, -0.1) is 0 Å². The van der Waals surface area contributed by atoms with Crippen molar-refractivity contribution in [3.8, 4) is 5.75 Å². The zero-order chi connectivity index (χ0) is 26.7. The minimum atomic E-state index is -4.98. The number of ether oxygens (including phenoxy) is 1. The van der Waals surface area contributed by atoms with Gasteiger partial charge in [0.15, 0.2) is 6.10 Å². The molecule has 0 amide bonds. The second-order valence-corrected chi connectivity index (χ2v) is 8.52. The van der Waals surface area contributed by atoms with Crippen molar-refractivity contribution in [2.24, 2.45) is 0 Å². The number of hydrogen-bond acceptors (Lipinski definition) is 3. The average Bonchev–Trinajstić information content (AvgIpc) is 2.76. The van der Waals surface area contributed by atoms with Crippen molar-refractivity contribution in [3.05, 3.63) is 94.3 Å². The van der Waals surface area contributed by atoms with Crippen LogP contribution in [-0.2, 0) is 19.3 Å². The van der Waals surface area contributed by atoms with E-state index in [1.54, 1.807) is 6.07 Å². The molecule has 3 rings (SSSR count). The van der Waals surface area contributed by atoms with Gasteiger partial charge in [0, 0.05) is 23.9 Å². The van der Waals surface area contributed by atoms with Crippen LogP contribution >= 0.6 is 0 Å². The van der Waals surface area contributed by atoms with Crippen LogP contribution in [0.15, 0.2) is 60.7 Å². The quantitative estimate of drug-likeness (QED) is 0.329. The Morgan fingerprint density at radius 2 is 1.56 bits per heavy atom. The highest BCUT2D eigenvalue weighted by Gasteiger charge is 2.39. The summed E-state index contributed by atoms with van der Waals surface area (Å²) < 4.78 is 98.7. The summed E-state index contributed by atoms with van der Waals surface area (Å²) in [4.78, 5) is 0.959. The van der Waals surface area contributed by atoms with Crippen LogP contribution < -0.4 is 9.64 Å². The molecule has 0 fully saturated rings. The second-order valence-electron chi connectivity index (χ2n) is 8.52. The van der Waals surface area contributed by atoms with E-state index in [1.807, 2.05) is 32.0 Å². The van der Waals surface area contributed by atoms with E-state index in [-0.39, 0.29) is 18.0 Å². The molecule has 10 heteroatoms. The lowest BCUT2D eigenvalue weighted by atomic mass is 10.1. The Hall–Kier alpha value is -3.27. The highest BCUT2D eigenvalue weighted by atomic mass is 19.4. The molecule has 0 aliphatic rings. The lowest BCUT2D eigenvalue weighted by Gasteiger charge is -2.29. The SMILES string of the molecule is Cc1cc(C)cc(COc2cccc(N(Cc3cc(C(F)(F)F)ccc3F)C[C@@H](O)C(F)(F)F)c2)c1. The molecule has 0 aromatic heterocycles. The number of rotatable bonds is 8. The van der Waals surface area contributed by atoms with Crippen LogP contribution in [-0.4, -0.2) is 23.9 Å². The lowest BCUT2D eigenvalue weighted by molar-refractivity contribution is -0.200. The van der Waals surface area contributed by atoms with E-state index in [9.17, 15) is 35.8 Å². The van der Waals surface area contributed by atoms with E-state index in [1.165, 1.54) is 18.2 Å². The molecule has 0 radical (unpaired) electrons. The molecule has 0 bridgehead atoms. The van der Waals surface area contributed by atoms with Gasteiger partial charge in [-0.05, 0) is 49.7 Å². The molecule has 0 aliphatic heterocycles. The zero-order valence-electron chi connectivity index (χ0n) is 19.4. The van der Waals surface area contributed by atoms with Crippen molar-refractivity contribution in [1.82, 2.24) is 0 Å². The summed E-state index contributed by atoms with van der Waals surface area (Å²) in [5.41, 5.74) is 1.42. The first-order valence-electron chi connectivity index (χ1n) is 10.9. The molecule has 36 heavy (non-hydrogen) atoms. The van der Waals surface area contributed by atoms with Crippen LogP contribution in [0.5, 0.6) is 5.75 Å². The van der Waals surface area contributed by atoms with Gasteiger partial charge < -0.3 is 14.7 Å². The summed E-state index contributed by atoms with van der Waals surface area (Å²) >= 11 is 0. The van der Waals surface area contributed by atoms with Crippen molar-refractivity contribution in [2.45, 2.75) is 45.5 Å². The molecular weight excluding hydrogens is 491 g/mol. The summed E-state index contributed by atoms with van der Waals surface area (Å²) in [6, 6.07) is 13.4. The molecule has 3 nitrogen and oxygen atoms in total. The van der Waals surface area contributed by atoms with Crippen molar-refractivity contribution >= 4 is 5.69 Å². The maximum absolute atomic E-state index is 14.4. The number of aryl methyl sites for hydroxylation is 2. The van der Waals surface area contributed by atoms with Crippen molar-refractivity contribution in [3.63, 3.8) is 0 Å². The van der Waals surface area contributed by atoms with Gasteiger partial charge in [0.1, 0.15) is 18.2 Å². The van der Waals surface area contributed by atoms with Crippen LogP contribution in [0.1, 0.15) is 27.8 Å². The molecule has 3 aromatic carbocycles. The highest BCUT2D eigenvalue weighted by Crippen LogP contribution is 2.32. The third kappa shape index (κ3) is 7.36. The summed E-state index contributed by atoms with van der Waals surface area (Å²) in [5.74, 6) is -0.737. The normalized spacial score (nSPS) is 12.9. The van der Waals surface area contributed by atoms with Gasteiger partial charge >= 0.3 is 12.4 Å². The third-order valence-corrected chi connectivity index (χ3v) is 5.38. The first-order valence-corrected chi connectivity index (χ1v) is 10.9. The topological polar surface area (TPSA) is 32.7 Å². The molecule has 194 valence electrons. The molecular formula is C26H24F7NO2. The van der Waals surface area contributed by atoms with Gasteiger partial charge in [-0.2, -0.15) is 26.3 Å². The van der Waals surface area contributed by atoms with Gasteiger partial charge in [-0.1, -0.05) is 35.4 Å². The van der Waals surface area contributed by atoms with Gasteiger partial charge in [0.05, 0.1) is 12.1 Å². The molecule has 0 saturated carbocycles. The van der Waals surface area contributed by atoms with Crippen LogP contribution in [0.4, 0.5) is 36.4 Å². The Morgan fingerprint density at radius 3 is 2.17 bits per heavy atom. The number of benzene rings is 3. The standard InChI is InChI=1S/C26H24F7NO2/c1-16-8-17(2)10-18(9-16)15-36-22-5-3-4-21(12-22)34(14-24(35)26(31,32)33)13-19-11-20(25(28,29)30)6-7-23(19)27/h3-12,24,35H,13-15H2,1-2H3/t24-/m1/s1. The van der Waals surface area contributed by atoms with Crippen LogP contribution in [0.25, 0.3) is 0 Å². The number of aliphatic hydroxyl groups is 1. The summed E-state index contributed by atoms with van der Waals surface area (Å²) in [6.45, 7) is 2.34.